The van der Waals surface area contributed by atoms with Crippen LogP contribution in [0.25, 0.3) is 0 Å². The van der Waals surface area contributed by atoms with E-state index in [9.17, 15) is 4.79 Å². The Morgan fingerprint density at radius 3 is 2.40 bits per heavy atom. The van der Waals surface area contributed by atoms with E-state index >= 15 is 0 Å². The van der Waals surface area contributed by atoms with Gasteiger partial charge in [0, 0.05) is 12.2 Å². The molecule has 0 saturated heterocycles. The standard InChI is InChI=1S/C15H15ClN2O2/c16-12-2-1-3-13(14(12)15(17)20)18-8-10-4-6-11(9-19)7-5-10/h1-7,18-19H,8-9H2,(H2,17,20). The molecule has 2 aromatic carbocycles. The van der Waals surface area contributed by atoms with E-state index in [4.69, 9.17) is 22.4 Å². The molecule has 0 saturated carbocycles. The first-order valence-electron chi connectivity index (χ1n) is 6.12. The lowest BCUT2D eigenvalue weighted by atomic mass is 10.1. The molecule has 0 aliphatic heterocycles. The lowest BCUT2D eigenvalue weighted by molar-refractivity contribution is 0.100. The minimum Gasteiger partial charge on any atom is -0.392 e. The maximum Gasteiger partial charge on any atom is 0.252 e. The molecule has 0 fully saturated rings. The second kappa shape index (κ2) is 6.41. The molecule has 4 N–H and O–H groups in total. The van der Waals surface area contributed by atoms with Crippen LogP contribution in [0.4, 0.5) is 5.69 Å². The highest BCUT2D eigenvalue weighted by atomic mass is 35.5. The fourth-order valence-electron chi connectivity index (χ4n) is 1.88. The van der Waals surface area contributed by atoms with Gasteiger partial charge < -0.3 is 16.2 Å². The number of hydrogen-bond donors (Lipinski definition) is 3. The summed E-state index contributed by atoms with van der Waals surface area (Å²) in [5.41, 5.74) is 8.11. The molecule has 0 aromatic heterocycles. The Bertz CT molecular complexity index is 612. The van der Waals surface area contributed by atoms with Crippen LogP contribution in [0.1, 0.15) is 21.5 Å². The third-order valence-corrected chi connectivity index (χ3v) is 3.26. The van der Waals surface area contributed by atoms with Gasteiger partial charge in [0.05, 0.1) is 17.2 Å². The van der Waals surface area contributed by atoms with Gasteiger partial charge in [-0.25, -0.2) is 0 Å². The number of carbonyl (C=O) groups excluding carboxylic acids is 1. The van der Waals surface area contributed by atoms with Gasteiger partial charge in [-0.05, 0) is 23.3 Å². The number of nitrogens with two attached hydrogens (primary N) is 1. The van der Waals surface area contributed by atoms with Crippen molar-refractivity contribution in [2.24, 2.45) is 5.73 Å². The van der Waals surface area contributed by atoms with Gasteiger partial charge >= 0.3 is 0 Å². The number of anilines is 1. The van der Waals surface area contributed by atoms with Gasteiger partial charge in [-0.1, -0.05) is 41.9 Å². The van der Waals surface area contributed by atoms with Crippen LogP contribution in [0.15, 0.2) is 42.5 Å². The van der Waals surface area contributed by atoms with Crippen LogP contribution >= 0.6 is 11.6 Å². The zero-order valence-corrected chi connectivity index (χ0v) is 11.5. The van der Waals surface area contributed by atoms with Crippen molar-refractivity contribution >= 4 is 23.2 Å². The van der Waals surface area contributed by atoms with Crippen molar-refractivity contribution in [1.82, 2.24) is 0 Å². The molecule has 0 aliphatic rings. The summed E-state index contributed by atoms with van der Waals surface area (Å²) in [7, 11) is 0. The Labute approximate surface area is 122 Å². The average molecular weight is 291 g/mol. The molecule has 104 valence electrons. The Morgan fingerprint density at radius 1 is 1.15 bits per heavy atom. The highest BCUT2D eigenvalue weighted by molar-refractivity contribution is 6.34. The smallest absolute Gasteiger partial charge is 0.252 e. The highest BCUT2D eigenvalue weighted by Gasteiger charge is 2.11. The van der Waals surface area contributed by atoms with Crippen LogP contribution in [-0.2, 0) is 13.2 Å². The van der Waals surface area contributed by atoms with Crippen LogP contribution in [0.2, 0.25) is 5.02 Å². The van der Waals surface area contributed by atoms with Crippen molar-refractivity contribution in [3.8, 4) is 0 Å². The molecule has 0 radical (unpaired) electrons. The lowest BCUT2D eigenvalue weighted by Crippen LogP contribution is -2.15. The van der Waals surface area contributed by atoms with E-state index in [2.05, 4.69) is 5.32 Å². The molecule has 0 heterocycles. The number of aliphatic hydroxyl groups excluding tert-OH is 1. The molecular weight excluding hydrogens is 276 g/mol. The molecule has 1 amide bonds. The van der Waals surface area contributed by atoms with Crippen LogP contribution in [0.5, 0.6) is 0 Å². The van der Waals surface area contributed by atoms with Crippen LogP contribution < -0.4 is 11.1 Å². The number of hydrogen-bond acceptors (Lipinski definition) is 3. The summed E-state index contributed by atoms with van der Waals surface area (Å²) in [5.74, 6) is -0.561. The fourth-order valence-corrected chi connectivity index (χ4v) is 2.15. The maximum atomic E-state index is 11.4. The molecule has 2 rings (SSSR count). The van der Waals surface area contributed by atoms with Crippen LogP contribution in [-0.4, -0.2) is 11.0 Å². The molecule has 0 aliphatic carbocycles. The molecule has 4 nitrogen and oxygen atoms in total. The van der Waals surface area contributed by atoms with Crippen molar-refractivity contribution in [1.29, 1.82) is 0 Å². The molecule has 0 spiro atoms. The summed E-state index contributed by atoms with van der Waals surface area (Å²) >= 11 is 5.98. The summed E-state index contributed by atoms with van der Waals surface area (Å²) < 4.78 is 0. The van der Waals surface area contributed by atoms with Gasteiger partial charge in [0.1, 0.15) is 0 Å². The fraction of sp³-hybridized carbons (Fsp3) is 0.133. The van der Waals surface area contributed by atoms with E-state index in [0.29, 0.717) is 22.8 Å². The van der Waals surface area contributed by atoms with E-state index in [1.54, 1.807) is 18.2 Å². The molecule has 2 aromatic rings. The predicted molar refractivity (Wildman–Crippen MR) is 79.7 cm³/mol. The monoisotopic (exact) mass is 290 g/mol. The first kappa shape index (κ1) is 14.4. The molecule has 0 bridgehead atoms. The summed E-state index contributed by atoms with van der Waals surface area (Å²) in [6, 6.07) is 12.7. The second-order valence-corrected chi connectivity index (χ2v) is 4.76. The number of nitrogens with one attached hydrogen (secondary N) is 1. The maximum absolute atomic E-state index is 11.4. The molecular formula is C15H15ClN2O2. The number of rotatable bonds is 5. The zero-order valence-electron chi connectivity index (χ0n) is 10.8. The van der Waals surface area contributed by atoms with Gasteiger partial charge in [-0.15, -0.1) is 0 Å². The van der Waals surface area contributed by atoms with E-state index in [0.717, 1.165) is 11.1 Å². The highest BCUT2D eigenvalue weighted by Crippen LogP contribution is 2.24. The van der Waals surface area contributed by atoms with Gasteiger partial charge in [-0.3, -0.25) is 4.79 Å². The minimum atomic E-state index is -0.561. The number of halogens is 1. The topological polar surface area (TPSA) is 75.4 Å². The number of benzene rings is 2. The Balaban J connectivity index is 2.14. The van der Waals surface area contributed by atoms with Crippen molar-refractivity contribution in [2.45, 2.75) is 13.2 Å². The summed E-state index contributed by atoms with van der Waals surface area (Å²) in [6.45, 7) is 0.556. The average Bonchev–Trinajstić information content (AvgIpc) is 2.45. The van der Waals surface area contributed by atoms with E-state index in [1.165, 1.54) is 0 Å². The third kappa shape index (κ3) is 3.29. The molecule has 0 unspecified atom stereocenters. The molecule has 0 atom stereocenters. The summed E-state index contributed by atoms with van der Waals surface area (Å²) in [4.78, 5) is 11.4. The van der Waals surface area contributed by atoms with E-state index < -0.39 is 5.91 Å². The van der Waals surface area contributed by atoms with Crippen molar-refractivity contribution < 1.29 is 9.90 Å². The summed E-state index contributed by atoms with van der Waals surface area (Å²) in [5, 5.41) is 12.5. The molecule has 5 heteroatoms. The molecule has 20 heavy (non-hydrogen) atoms. The van der Waals surface area contributed by atoms with E-state index in [-0.39, 0.29) is 6.61 Å². The van der Waals surface area contributed by atoms with Crippen LogP contribution in [0.3, 0.4) is 0 Å². The Kier molecular flexibility index (Phi) is 4.61. The third-order valence-electron chi connectivity index (χ3n) is 2.95. The predicted octanol–water partition coefficient (Wildman–Crippen LogP) is 2.54. The minimum absolute atomic E-state index is 0.0217. The first-order chi connectivity index (χ1) is 9.61. The van der Waals surface area contributed by atoms with Crippen molar-refractivity contribution in [3.63, 3.8) is 0 Å². The Hall–Kier alpha value is -2.04. The zero-order chi connectivity index (χ0) is 14.5. The van der Waals surface area contributed by atoms with Gasteiger partial charge in [-0.2, -0.15) is 0 Å². The number of primary amides is 1. The van der Waals surface area contributed by atoms with Gasteiger partial charge in [0.15, 0.2) is 0 Å². The van der Waals surface area contributed by atoms with Crippen molar-refractivity contribution in [2.75, 3.05) is 5.32 Å². The number of amides is 1. The number of carbonyl (C=O) groups is 1. The second-order valence-electron chi connectivity index (χ2n) is 4.35. The lowest BCUT2D eigenvalue weighted by Gasteiger charge is -2.11. The van der Waals surface area contributed by atoms with Gasteiger partial charge in [0.2, 0.25) is 0 Å². The van der Waals surface area contributed by atoms with Crippen molar-refractivity contribution in [3.05, 3.63) is 64.2 Å². The van der Waals surface area contributed by atoms with E-state index in [1.807, 2.05) is 24.3 Å². The quantitative estimate of drug-likeness (QED) is 0.792. The van der Waals surface area contributed by atoms with Crippen LogP contribution in [0, 0.1) is 0 Å². The SMILES string of the molecule is NC(=O)c1c(Cl)cccc1NCc1ccc(CO)cc1. The first-order valence-corrected chi connectivity index (χ1v) is 6.50. The number of aliphatic hydroxyl groups is 1. The largest absolute Gasteiger partial charge is 0.392 e. The normalized spacial score (nSPS) is 10.3. The Morgan fingerprint density at radius 2 is 1.80 bits per heavy atom. The van der Waals surface area contributed by atoms with Gasteiger partial charge in [0.25, 0.3) is 5.91 Å². The summed E-state index contributed by atoms with van der Waals surface area (Å²) in [6.07, 6.45) is 0.